The number of amides is 7. The van der Waals surface area contributed by atoms with Crippen molar-refractivity contribution in [2.75, 3.05) is 38.2 Å². The molecule has 25 heteroatoms. The van der Waals surface area contributed by atoms with E-state index in [1.807, 2.05) is 30.3 Å². The fourth-order valence-electron chi connectivity index (χ4n) is 8.37. The number of rotatable bonds is 29. The molecule has 2 aliphatic heterocycles. The number of thioether (sulfide) groups is 1. The minimum atomic E-state index is -1.51. The van der Waals surface area contributed by atoms with Gasteiger partial charge >= 0.3 is 5.97 Å². The number of nitrogens with one attached hydrogen (secondary N) is 5. The summed E-state index contributed by atoms with van der Waals surface area (Å²) >= 11 is 1.39. The number of aliphatic hydroxyl groups is 1. The smallest absolute Gasteiger partial charge is 0.326 e. The molecule has 17 N–H and O–H groups in total. The third-order valence-electron chi connectivity index (χ3n) is 12.5. The first kappa shape index (κ1) is 59.1. The Morgan fingerprint density at radius 3 is 1.76 bits per heavy atom. The van der Waals surface area contributed by atoms with Gasteiger partial charge in [0, 0.05) is 26.2 Å². The lowest BCUT2D eigenvalue weighted by Gasteiger charge is -2.32. The van der Waals surface area contributed by atoms with Crippen molar-refractivity contribution in [1.82, 2.24) is 36.4 Å². The van der Waals surface area contributed by atoms with Gasteiger partial charge in [-0.15, -0.1) is 0 Å². The maximum Gasteiger partial charge on any atom is 0.326 e. The fraction of sp³-hybridized carbons (Fsp3) is 0.652. The van der Waals surface area contributed by atoms with Crippen LogP contribution < -0.4 is 55.3 Å². The number of hydrogen-bond acceptors (Lipinski definition) is 13. The molecule has 0 unspecified atom stereocenters. The number of benzene rings is 1. The van der Waals surface area contributed by atoms with E-state index in [9.17, 15) is 48.6 Å². The zero-order valence-electron chi connectivity index (χ0n) is 41.2. The van der Waals surface area contributed by atoms with Gasteiger partial charge < -0.3 is 75.3 Å². The number of nitrogens with zero attached hydrogens (tertiary/aromatic N) is 4. The highest BCUT2D eigenvalue weighted by Crippen LogP contribution is 2.22. The molecule has 396 valence electrons. The molecule has 3 rings (SSSR count). The van der Waals surface area contributed by atoms with Gasteiger partial charge in [-0.25, -0.2) is 4.79 Å². The molecule has 71 heavy (non-hydrogen) atoms. The van der Waals surface area contributed by atoms with Crippen LogP contribution in [0.4, 0.5) is 0 Å². The van der Waals surface area contributed by atoms with Gasteiger partial charge in [0.1, 0.15) is 42.3 Å². The van der Waals surface area contributed by atoms with Gasteiger partial charge in [-0.2, -0.15) is 11.8 Å². The zero-order chi connectivity index (χ0) is 52.8. The highest BCUT2D eigenvalue weighted by Gasteiger charge is 2.42. The highest BCUT2D eigenvalue weighted by molar-refractivity contribution is 7.98. The van der Waals surface area contributed by atoms with Gasteiger partial charge in [0.25, 0.3) is 0 Å². The number of nitrogens with two attached hydrogens (primary N) is 5. The highest BCUT2D eigenvalue weighted by atomic mass is 32.2. The summed E-state index contributed by atoms with van der Waals surface area (Å²) in [6, 6.07) is -0.402. The number of carboxylic acids is 1. The Hall–Kier alpha value is -6.21. The molecule has 2 aliphatic rings. The molecule has 24 nitrogen and oxygen atoms in total. The van der Waals surface area contributed by atoms with Crippen LogP contribution in [0, 0.1) is 5.92 Å². The number of aliphatic carboxylic acids is 1. The molecule has 2 saturated heterocycles. The molecule has 0 aromatic heterocycles. The van der Waals surface area contributed by atoms with E-state index in [1.165, 1.54) is 23.6 Å². The predicted octanol–water partition coefficient (Wildman–Crippen LogP) is -2.67. The van der Waals surface area contributed by atoms with Crippen LogP contribution in [-0.2, 0) is 44.8 Å². The summed E-state index contributed by atoms with van der Waals surface area (Å²) in [5.74, 6) is -6.51. The van der Waals surface area contributed by atoms with Crippen molar-refractivity contribution in [3.05, 3.63) is 35.9 Å². The monoisotopic (exact) mass is 1020 g/mol. The summed E-state index contributed by atoms with van der Waals surface area (Å²) in [7, 11) is 0. The number of likely N-dealkylation sites (tertiary alicyclic amines) is 2. The molecule has 10 atom stereocenters. The number of carbonyl (C=O) groups is 8. The van der Waals surface area contributed by atoms with Crippen LogP contribution >= 0.6 is 11.8 Å². The number of aliphatic imine (C=N–C) groups is 2. The molecule has 7 amide bonds. The third kappa shape index (κ3) is 18.8. The molecular formula is C46H76N14O10S. The largest absolute Gasteiger partial charge is 0.480 e. The molecule has 2 heterocycles. The lowest BCUT2D eigenvalue weighted by atomic mass is 9.96. The maximum atomic E-state index is 14.3. The molecule has 1 aromatic carbocycles. The summed E-state index contributed by atoms with van der Waals surface area (Å²) in [5.41, 5.74) is 29.2. The Kier molecular flexibility index (Phi) is 24.8. The van der Waals surface area contributed by atoms with Gasteiger partial charge in [0.05, 0.1) is 12.1 Å². The molecule has 0 spiro atoms. The van der Waals surface area contributed by atoms with Crippen LogP contribution in [0.5, 0.6) is 0 Å². The first-order chi connectivity index (χ1) is 33.7. The molecule has 2 fully saturated rings. The third-order valence-corrected chi connectivity index (χ3v) is 13.2. The number of guanidine groups is 2. The van der Waals surface area contributed by atoms with E-state index in [4.69, 9.17) is 28.7 Å². The number of carbonyl (C=O) groups excluding carboxylic acids is 7. The van der Waals surface area contributed by atoms with E-state index in [0.717, 1.165) is 10.5 Å². The summed E-state index contributed by atoms with van der Waals surface area (Å²) < 4.78 is 0. The van der Waals surface area contributed by atoms with E-state index in [1.54, 1.807) is 20.1 Å². The Balaban J connectivity index is 1.85. The molecule has 0 saturated carbocycles. The first-order valence-corrected chi connectivity index (χ1v) is 25.5. The number of hydrogen-bond donors (Lipinski definition) is 12. The van der Waals surface area contributed by atoms with Crippen LogP contribution in [0.25, 0.3) is 0 Å². The second-order valence-corrected chi connectivity index (χ2v) is 19.0. The Bertz CT molecular complexity index is 2020. The molecule has 1 aromatic rings. The molecular weight excluding hydrogens is 941 g/mol. The number of carboxylic acid groups (broad SMARTS) is 1. The second kappa shape index (κ2) is 29.8. The first-order valence-electron chi connectivity index (χ1n) is 24.1. The van der Waals surface area contributed by atoms with Crippen molar-refractivity contribution < 1.29 is 48.6 Å². The maximum absolute atomic E-state index is 14.3. The number of aliphatic hydroxyl groups excluding tert-OH is 1. The summed E-state index contributed by atoms with van der Waals surface area (Å²) in [4.78, 5) is 120. The Morgan fingerprint density at radius 1 is 0.704 bits per heavy atom. The van der Waals surface area contributed by atoms with E-state index in [2.05, 4.69) is 36.6 Å². The van der Waals surface area contributed by atoms with Gasteiger partial charge in [-0.1, -0.05) is 50.6 Å². The molecule has 0 bridgehead atoms. The second-order valence-electron chi connectivity index (χ2n) is 18.0. The molecule has 0 radical (unpaired) electrons. The van der Waals surface area contributed by atoms with Crippen molar-refractivity contribution in [2.45, 2.75) is 146 Å². The van der Waals surface area contributed by atoms with Crippen molar-refractivity contribution in [3.63, 3.8) is 0 Å². The van der Waals surface area contributed by atoms with Gasteiger partial charge in [0.2, 0.25) is 41.4 Å². The van der Waals surface area contributed by atoms with Crippen LogP contribution in [0.2, 0.25) is 0 Å². The van der Waals surface area contributed by atoms with Crippen molar-refractivity contribution >= 4 is 71.0 Å². The molecule has 0 aliphatic carbocycles. The van der Waals surface area contributed by atoms with E-state index >= 15 is 0 Å². The lowest BCUT2D eigenvalue weighted by molar-refractivity contribution is -0.150. The topological polar surface area (TPSA) is 398 Å². The standard InChI is InChI=1S/C46H76N14O10S/c1-5-26(2)35(41(66)55-31(19-24-71-4)39(64)58-36(27(3)61)43(68)60-23-12-18-34(60)44(69)70)57-38(63)30(15-9-20-52-45(48)49)54-40(65)33-17-11-22-59(33)42(67)32(16-10-21-53-46(50)51)56-37(62)29(47)25-28-13-7-6-8-14-28/h6-8,13-14,26-27,29-36,61H,5,9-12,15-25,47H2,1-4H3,(H,54,65)(H,55,66)(H,56,62)(H,57,63)(H,58,64)(H,69,70)(H4,48,49,52)(H4,50,51,53)/t26-,27+,29-,30-,31-,32-,33-,34-,35-,36-/m0/s1. The quantitative estimate of drug-likeness (QED) is 0.0221. The fourth-order valence-corrected chi connectivity index (χ4v) is 8.85. The van der Waals surface area contributed by atoms with Gasteiger partial charge in [-0.05, 0) is 94.6 Å². The van der Waals surface area contributed by atoms with E-state index < -0.39 is 108 Å². The average Bonchev–Trinajstić information content (AvgIpc) is 4.04. The van der Waals surface area contributed by atoms with Gasteiger partial charge in [-0.3, -0.25) is 43.5 Å². The summed E-state index contributed by atoms with van der Waals surface area (Å²) in [6.45, 7) is 5.35. The van der Waals surface area contributed by atoms with E-state index in [0.29, 0.717) is 31.4 Å². The Morgan fingerprint density at radius 2 is 1.23 bits per heavy atom. The van der Waals surface area contributed by atoms with Crippen molar-refractivity contribution in [2.24, 2.45) is 44.6 Å². The average molecular weight is 1020 g/mol. The predicted molar refractivity (Wildman–Crippen MR) is 269 cm³/mol. The van der Waals surface area contributed by atoms with Crippen molar-refractivity contribution in [3.8, 4) is 0 Å². The van der Waals surface area contributed by atoms with E-state index in [-0.39, 0.29) is 83.0 Å². The van der Waals surface area contributed by atoms with Crippen LogP contribution in [-0.4, -0.2) is 172 Å². The normalized spacial score (nSPS) is 18.8. The summed E-state index contributed by atoms with van der Waals surface area (Å²) in [6.07, 6.45) is 2.99. The minimum Gasteiger partial charge on any atom is -0.480 e. The van der Waals surface area contributed by atoms with Crippen LogP contribution in [0.3, 0.4) is 0 Å². The van der Waals surface area contributed by atoms with Crippen LogP contribution in [0.1, 0.15) is 90.5 Å². The summed E-state index contributed by atoms with van der Waals surface area (Å²) in [5, 5.41) is 33.8. The minimum absolute atomic E-state index is 0.0000893. The van der Waals surface area contributed by atoms with Crippen molar-refractivity contribution in [1.29, 1.82) is 0 Å². The zero-order valence-corrected chi connectivity index (χ0v) is 42.0. The van der Waals surface area contributed by atoms with Gasteiger partial charge in [0.15, 0.2) is 11.9 Å². The lowest BCUT2D eigenvalue weighted by Crippen LogP contribution is -2.62. The Labute approximate surface area is 419 Å². The van der Waals surface area contributed by atoms with Crippen LogP contribution in [0.15, 0.2) is 40.3 Å². The SMILES string of the molecule is CC[C@H](C)[C@H](NC(=O)[C@H](CCCN=C(N)N)NC(=O)[C@@H]1CCCN1C(=O)[C@H](CCCN=C(N)N)NC(=O)[C@@H](N)Cc1ccccc1)C(=O)N[C@@H](CCSC)C(=O)N[C@H](C(=O)N1CCC[C@H]1C(=O)O)[C@@H](C)O.